The third-order valence-electron chi connectivity index (χ3n) is 5.13. The summed E-state index contributed by atoms with van der Waals surface area (Å²) in [6.45, 7) is 0. The maximum Gasteiger partial charge on any atom is 0.254 e. The lowest BCUT2D eigenvalue weighted by atomic mass is 10.1. The van der Waals surface area contributed by atoms with Crippen molar-refractivity contribution in [2.75, 3.05) is 11.5 Å². The topological polar surface area (TPSA) is 232 Å². The van der Waals surface area contributed by atoms with E-state index < -0.39 is 11.8 Å². The number of amides is 2. The summed E-state index contributed by atoms with van der Waals surface area (Å²) in [6.07, 6.45) is 10.9. The lowest BCUT2D eigenvalue weighted by Crippen LogP contribution is -2.14. The summed E-state index contributed by atoms with van der Waals surface area (Å²) in [5, 5.41) is 27.1. The van der Waals surface area contributed by atoms with Crippen LogP contribution >= 0.6 is 0 Å². The number of nitrogens with one attached hydrogen (secondary N) is 1. The van der Waals surface area contributed by atoms with Crippen LogP contribution in [-0.2, 0) is 0 Å². The van der Waals surface area contributed by atoms with Crippen molar-refractivity contribution in [1.82, 2.24) is 20.0 Å². The third-order valence-corrected chi connectivity index (χ3v) is 5.13. The molecule has 0 spiro atoms. The fraction of sp³-hybridized carbons (Fsp3) is 0.400. The molecule has 0 unspecified atom stereocenters. The van der Waals surface area contributed by atoms with Crippen LogP contribution in [0.3, 0.4) is 0 Å². The Labute approximate surface area is 187 Å². The molecule has 1 fully saturated rings. The van der Waals surface area contributed by atoms with E-state index in [1.807, 2.05) is 6.08 Å². The van der Waals surface area contributed by atoms with Gasteiger partial charge in [-0.1, -0.05) is 6.08 Å². The Balaban J connectivity index is 0.000000271. The number of allylic oxidation sites excluding steroid dienone is 2. The summed E-state index contributed by atoms with van der Waals surface area (Å²) in [6, 6.07) is 4.39. The fourth-order valence-corrected chi connectivity index (χ4v) is 3.44. The van der Waals surface area contributed by atoms with Gasteiger partial charge in [-0.25, -0.2) is 0 Å². The van der Waals surface area contributed by atoms with E-state index >= 15 is 0 Å². The number of aromatic nitrogens is 4. The molecule has 0 saturated heterocycles. The zero-order valence-corrected chi connectivity index (χ0v) is 17.5. The highest BCUT2D eigenvalue weighted by atomic mass is 16.1. The summed E-state index contributed by atoms with van der Waals surface area (Å²) in [7, 11) is 0. The predicted molar refractivity (Wildman–Crippen MR) is 118 cm³/mol. The molecule has 0 bridgehead atoms. The highest BCUT2D eigenvalue weighted by Crippen LogP contribution is 2.35. The summed E-state index contributed by atoms with van der Waals surface area (Å²) in [5.74, 6) is -0.866. The molecular formula is C20H28N10O2. The minimum atomic E-state index is -0.588. The molecule has 170 valence electrons. The predicted octanol–water partition coefficient (Wildman–Crippen LogP) is 1.39. The molecule has 2 aromatic rings. The second-order valence-electron chi connectivity index (χ2n) is 7.30. The van der Waals surface area contributed by atoms with Gasteiger partial charge in [-0.05, 0) is 38.5 Å². The van der Waals surface area contributed by atoms with Crippen LogP contribution in [0.25, 0.3) is 0 Å². The standard InChI is InChI=1S/C10H13N5O.C6H7N.C4H6N4O.H2/c11-4-6-2-1-3-8(6)15-5-7(10(13)16)9(12)14-15;7-5-6-3-1-2-4-6;5-3-2(4(6)9)1-7-8-3;/h5-6,8H,1-3H2,(H2,12,14)(H2,13,16);3H,1-2,4H2;1H,(H2,6,9)(H3,5,7,8);1H/t6-,8+;;;/m1.../s1/i;;;1+1D. The van der Waals surface area contributed by atoms with Crippen LogP contribution in [0.1, 0.15) is 68.3 Å². The molecule has 32 heavy (non-hydrogen) atoms. The van der Waals surface area contributed by atoms with E-state index in [0.29, 0.717) is 0 Å². The van der Waals surface area contributed by atoms with Crippen LogP contribution in [0.5, 0.6) is 0 Å². The van der Waals surface area contributed by atoms with Crippen LogP contribution in [-0.4, -0.2) is 31.8 Å². The number of aromatic amines is 1. The van der Waals surface area contributed by atoms with Gasteiger partial charge < -0.3 is 22.9 Å². The van der Waals surface area contributed by atoms with Crippen LogP contribution < -0.4 is 22.9 Å². The number of hydrogen-bond donors (Lipinski definition) is 5. The number of nitrogens with zero attached hydrogens (tertiary/aromatic N) is 5. The second kappa shape index (κ2) is 11.2. The molecule has 1 saturated carbocycles. The molecule has 12 nitrogen and oxygen atoms in total. The van der Waals surface area contributed by atoms with E-state index in [4.69, 9.17) is 36.4 Å². The first kappa shape index (κ1) is 22.4. The van der Waals surface area contributed by atoms with Gasteiger partial charge in [0.2, 0.25) is 0 Å². The molecule has 2 aliphatic carbocycles. The number of H-pyrrole nitrogens is 1. The number of nitrogen functional groups attached to an aromatic ring is 2. The normalized spacial score (nSPS) is 19.0. The average molecular weight is 443 g/mol. The Morgan fingerprint density at radius 2 is 1.91 bits per heavy atom. The smallest absolute Gasteiger partial charge is 0.254 e. The van der Waals surface area contributed by atoms with Gasteiger partial charge in [0.25, 0.3) is 11.8 Å². The van der Waals surface area contributed by atoms with E-state index in [1.165, 1.54) is 18.8 Å². The summed E-state index contributed by atoms with van der Waals surface area (Å²) in [5.41, 5.74) is 22.3. The number of carbonyl (C=O) groups is 2. The van der Waals surface area contributed by atoms with Crippen molar-refractivity contribution in [3.8, 4) is 12.1 Å². The zero-order chi connectivity index (χ0) is 25.7. The van der Waals surface area contributed by atoms with Gasteiger partial charge in [0.15, 0.2) is 5.82 Å². The number of nitrogens with two attached hydrogens (primary N) is 4. The average Bonchev–Trinajstić information content (AvgIpc) is 3.62. The van der Waals surface area contributed by atoms with E-state index in [9.17, 15) is 9.59 Å². The van der Waals surface area contributed by atoms with Crippen LogP contribution in [0.15, 0.2) is 24.0 Å². The highest BCUT2D eigenvalue weighted by Gasteiger charge is 2.30. The Kier molecular flexibility index (Phi) is 7.81. The van der Waals surface area contributed by atoms with Crippen molar-refractivity contribution in [2.24, 2.45) is 17.4 Å². The summed E-state index contributed by atoms with van der Waals surface area (Å²) in [4.78, 5) is 21.4. The maximum absolute atomic E-state index is 11.0. The minimum Gasteiger partial charge on any atom is -0.383 e. The second-order valence-corrected chi connectivity index (χ2v) is 7.30. The quantitative estimate of drug-likeness (QED) is 0.464. The van der Waals surface area contributed by atoms with Crippen molar-refractivity contribution in [3.63, 3.8) is 0 Å². The van der Waals surface area contributed by atoms with Crippen LogP contribution in [0, 0.1) is 28.6 Å². The van der Waals surface area contributed by atoms with Gasteiger partial charge in [0.05, 0.1) is 30.3 Å². The van der Waals surface area contributed by atoms with E-state index in [-0.39, 0.29) is 34.7 Å². The monoisotopic (exact) mass is 442 g/mol. The van der Waals surface area contributed by atoms with E-state index in [1.54, 1.807) is 4.68 Å². The van der Waals surface area contributed by atoms with Gasteiger partial charge in [-0.2, -0.15) is 20.7 Å². The Bertz CT molecular complexity index is 1080. The molecule has 2 aromatic heterocycles. The molecule has 2 amide bonds. The van der Waals surface area contributed by atoms with Crippen molar-refractivity contribution >= 4 is 23.5 Å². The molecule has 2 atom stereocenters. The molecular weight excluding hydrogens is 412 g/mol. The number of nitriles is 2. The summed E-state index contributed by atoms with van der Waals surface area (Å²) < 4.78 is 11.6. The molecule has 9 N–H and O–H groups in total. The van der Waals surface area contributed by atoms with Crippen LogP contribution in [0.2, 0.25) is 0 Å². The van der Waals surface area contributed by atoms with E-state index in [0.717, 1.165) is 37.7 Å². The largest absolute Gasteiger partial charge is 0.383 e. The van der Waals surface area contributed by atoms with Gasteiger partial charge in [-0.3, -0.25) is 19.4 Å². The maximum atomic E-state index is 11.0. The zero-order valence-electron chi connectivity index (χ0n) is 19.5. The number of primary amides is 2. The molecule has 4 rings (SSSR count). The Morgan fingerprint density at radius 3 is 2.31 bits per heavy atom. The van der Waals surface area contributed by atoms with Crippen LogP contribution in [0.4, 0.5) is 11.6 Å². The van der Waals surface area contributed by atoms with Gasteiger partial charge >= 0.3 is 0 Å². The Morgan fingerprint density at radius 1 is 1.19 bits per heavy atom. The molecule has 2 heterocycles. The minimum absolute atomic E-state index is 0.0143. The van der Waals surface area contributed by atoms with Crippen molar-refractivity contribution < 1.29 is 12.6 Å². The first-order chi connectivity index (χ1) is 16.3. The van der Waals surface area contributed by atoms with Gasteiger partial charge in [0, 0.05) is 14.7 Å². The SMILES string of the molecule is N#CC1=CCCC1.N#C[C@H]1CCC[C@@H]1n1cc(C(N)=O)c(N)n1.NC(=O)c1cn[nH]c1N.[2H][2H]. The Hall–Kier alpha value is -4.32. The first-order valence-corrected chi connectivity index (χ1v) is 10.00. The fourth-order valence-electron chi connectivity index (χ4n) is 3.44. The van der Waals surface area contributed by atoms with Gasteiger partial charge in [0.1, 0.15) is 16.9 Å². The molecule has 0 aliphatic heterocycles. The van der Waals surface area contributed by atoms with Crippen molar-refractivity contribution in [2.45, 2.75) is 44.6 Å². The third kappa shape index (κ3) is 6.09. The number of rotatable bonds is 3. The number of anilines is 2. The molecule has 2 aliphatic rings. The highest BCUT2D eigenvalue weighted by molar-refractivity contribution is 5.97. The van der Waals surface area contributed by atoms with Gasteiger partial charge in [-0.15, -0.1) is 0 Å². The lowest BCUT2D eigenvalue weighted by Gasteiger charge is -2.13. The lowest BCUT2D eigenvalue weighted by molar-refractivity contribution is 0.0992. The van der Waals surface area contributed by atoms with Crippen molar-refractivity contribution in [1.29, 1.82) is 10.5 Å². The number of carbonyl (C=O) groups excluding carboxylic acids is 2. The molecule has 0 radical (unpaired) electrons. The number of hydrogen-bond acceptors (Lipinski definition) is 8. The summed E-state index contributed by atoms with van der Waals surface area (Å²) >= 11 is 0. The molecule has 0 aromatic carbocycles. The van der Waals surface area contributed by atoms with Crippen molar-refractivity contribution in [3.05, 3.63) is 35.2 Å². The van der Waals surface area contributed by atoms with E-state index in [2.05, 4.69) is 27.4 Å². The first-order valence-electron chi connectivity index (χ1n) is 11.0. The molecule has 12 heteroatoms.